The Balaban J connectivity index is 1.71. The van der Waals surface area contributed by atoms with Crippen LogP contribution in [0.4, 0.5) is 0 Å². The lowest BCUT2D eigenvalue weighted by Gasteiger charge is -2.05. The van der Waals surface area contributed by atoms with E-state index in [1.54, 1.807) is 7.11 Å². The lowest BCUT2D eigenvalue weighted by atomic mass is 10.2. The van der Waals surface area contributed by atoms with Crippen molar-refractivity contribution in [2.75, 3.05) is 7.11 Å². The zero-order valence-electron chi connectivity index (χ0n) is 15.3. The molecule has 0 saturated heterocycles. The molecule has 26 heavy (non-hydrogen) atoms. The smallest absolute Gasteiger partial charge is 0.340 e. The Kier molecular flexibility index (Phi) is 5.06. The first-order valence-electron chi connectivity index (χ1n) is 8.35. The van der Waals surface area contributed by atoms with Crippen LogP contribution in [0, 0.1) is 13.8 Å². The molecule has 0 aliphatic carbocycles. The maximum absolute atomic E-state index is 12.4. The van der Waals surface area contributed by atoms with E-state index >= 15 is 0 Å². The van der Waals surface area contributed by atoms with E-state index in [1.165, 1.54) is 0 Å². The quantitative estimate of drug-likeness (QED) is 0.629. The molecule has 7 nitrogen and oxygen atoms in total. The number of para-hydroxylation sites is 1. The maximum Gasteiger partial charge on any atom is 0.340 e. The molecular formula is C19H21N3O4. The topological polar surface area (TPSA) is 79.4 Å². The summed E-state index contributed by atoms with van der Waals surface area (Å²) < 4.78 is 17.9. The molecule has 0 spiro atoms. The van der Waals surface area contributed by atoms with Crippen molar-refractivity contribution in [3.63, 3.8) is 0 Å². The van der Waals surface area contributed by atoms with Gasteiger partial charge in [-0.3, -0.25) is 0 Å². The van der Waals surface area contributed by atoms with Crippen molar-refractivity contribution in [2.24, 2.45) is 0 Å². The first-order valence-corrected chi connectivity index (χ1v) is 8.35. The van der Waals surface area contributed by atoms with Crippen molar-refractivity contribution >= 4 is 5.97 Å². The second-order valence-electron chi connectivity index (χ2n) is 5.82. The molecule has 136 valence electrons. The summed E-state index contributed by atoms with van der Waals surface area (Å²) in [6.07, 6.45) is 0. The molecule has 2 heterocycles. The fourth-order valence-electron chi connectivity index (χ4n) is 2.95. The van der Waals surface area contributed by atoms with Crippen molar-refractivity contribution in [3.05, 3.63) is 53.2 Å². The average molecular weight is 355 g/mol. The molecule has 0 saturated carbocycles. The molecule has 0 fully saturated rings. The minimum Gasteiger partial charge on any atom is -0.496 e. The molecule has 0 aliphatic rings. The predicted molar refractivity (Wildman–Crippen MR) is 95.0 cm³/mol. The van der Waals surface area contributed by atoms with Gasteiger partial charge in [0.15, 0.2) is 6.61 Å². The lowest BCUT2D eigenvalue weighted by Crippen LogP contribution is -2.07. The molecule has 0 atom stereocenters. The monoisotopic (exact) mass is 355 g/mol. The fraction of sp³-hybridized carbons (Fsp3) is 0.316. The highest BCUT2D eigenvalue weighted by molar-refractivity contribution is 5.91. The van der Waals surface area contributed by atoms with E-state index in [9.17, 15) is 4.79 Å². The molecule has 3 aromatic rings. The summed E-state index contributed by atoms with van der Waals surface area (Å²) in [5.74, 6) is 0.847. The Labute approximate surface area is 151 Å². The van der Waals surface area contributed by atoms with E-state index in [-0.39, 0.29) is 12.5 Å². The minimum absolute atomic E-state index is 0.0865. The van der Waals surface area contributed by atoms with Gasteiger partial charge in [-0.15, -0.1) is 0 Å². The highest BCUT2D eigenvalue weighted by Gasteiger charge is 2.18. The summed E-state index contributed by atoms with van der Waals surface area (Å²) in [6, 6.07) is 9.19. The van der Waals surface area contributed by atoms with Gasteiger partial charge < -0.3 is 18.6 Å². The van der Waals surface area contributed by atoms with Crippen molar-refractivity contribution in [2.45, 2.75) is 33.9 Å². The van der Waals surface area contributed by atoms with Crippen LogP contribution in [-0.2, 0) is 17.9 Å². The molecule has 0 radical (unpaired) electrons. The van der Waals surface area contributed by atoms with Crippen LogP contribution in [0.3, 0.4) is 0 Å². The molecule has 0 aliphatic heterocycles. The van der Waals surface area contributed by atoms with Crippen molar-refractivity contribution in [3.8, 4) is 17.1 Å². The van der Waals surface area contributed by atoms with Crippen molar-refractivity contribution in [1.29, 1.82) is 0 Å². The molecule has 1 aromatic carbocycles. The Morgan fingerprint density at radius 3 is 2.73 bits per heavy atom. The molecule has 7 heteroatoms. The highest BCUT2D eigenvalue weighted by Crippen LogP contribution is 2.27. The predicted octanol–water partition coefficient (Wildman–Crippen LogP) is 3.54. The Bertz CT molecular complexity index is 927. The number of hydrogen-bond acceptors (Lipinski definition) is 6. The molecular weight excluding hydrogens is 334 g/mol. The number of rotatable bonds is 6. The van der Waals surface area contributed by atoms with E-state index in [0.29, 0.717) is 22.7 Å². The van der Waals surface area contributed by atoms with Gasteiger partial charge in [-0.2, -0.15) is 4.98 Å². The second-order valence-corrected chi connectivity index (χ2v) is 5.82. The SMILES string of the molecule is CCn1c(C)cc(C(=O)OCc2nc(-c3ccccc3OC)no2)c1C. The van der Waals surface area contributed by atoms with Crippen LogP contribution in [-0.4, -0.2) is 27.8 Å². The number of carbonyl (C=O) groups is 1. The van der Waals surface area contributed by atoms with Crippen LogP contribution in [0.2, 0.25) is 0 Å². The van der Waals surface area contributed by atoms with Gasteiger partial charge in [0.05, 0.1) is 18.2 Å². The van der Waals surface area contributed by atoms with E-state index in [4.69, 9.17) is 14.0 Å². The highest BCUT2D eigenvalue weighted by atomic mass is 16.6. The molecule has 3 rings (SSSR count). The lowest BCUT2D eigenvalue weighted by molar-refractivity contribution is 0.0429. The number of nitrogens with zero attached hydrogens (tertiary/aromatic N) is 3. The summed E-state index contributed by atoms with van der Waals surface area (Å²) in [6.45, 7) is 6.62. The van der Waals surface area contributed by atoms with E-state index in [1.807, 2.05) is 51.1 Å². The summed E-state index contributed by atoms with van der Waals surface area (Å²) in [4.78, 5) is 16.6. The third-order valence-corrected chi connectivity index (χ3v) is 4.25. The van der Waals surface area contributed by atoms with Crippen molar-refractivity contribution in [1.82, 2.24) is 14.7 Å². The minimum atomic E-state index is -0.408. The maximum atomic E-state index is 12.4. The molecule has 0 N–H and O–H groups in total. The van der Waals surface area contributed by atoms with Crippen LogP contribution >= 0.6 is 0 Å². The van der Waals surface area contributed by atoms with Gasteiger partial charge in [-0.25, -0.2) is 4.79 Å². The number of benzene rings is 1. The fourth-order valence-corrected chi connectivity index (χ4v) is 2.95. The van der Waals surface area contributed by atoms with Gasteiger partial charge in [0, 0.05) is 17.9 Å². The van der Waals surface area contributed by atoms with Crippen LogP contribution in [0.5, 0.6) is 5.75 Å². The second kappa shape index (κ2) is 7.43. The molecule has 0 unspecified atom stereocenters. The number of methoxy groups -OCH3 is 1. The largest absolute Gasteiger partial charge is 0.496 e. The zero-order valence-corrected chi connectivity index (χ0v) is 15.3. The normalized spacial score (nSPS) is 10.8. The van der Waals surface area contributed by atoms with Crippen LogP contribution in [0.25, 0.3) is 11.4 Å². The van der Waals surface area contributed by atoms with Gasteiger partial charge in [0.1, 0.15) is 5.75 Å². The first kappa shape index (κ1) is 17.7. The number of ether oxygens (including phenoxy) is 2. The number of esters is 1. The Hall–Kier alpha value is -3.09. The summed E-state index contributed by atoms with van der Waals surface area (Å²) in [7, 11) is 1.58. The third kappa shape index (κ3) is 3.33. The van der Waals surface area contributed by atoms with E-state index in [0.717, 1.165) is 17.9 Å². The third-order valence-electron chi connectivity index (χ3n) is 4.25. The summed E-state index contributed by atoms with van der Waals surface area (Å²) in [5, 5.41) is 3.93. The van der Waals surface area contributed by atoms with Crippen molar-refractivity contribution < 1.29 is 18.8 Å². The molecule has 0 amide bonds. The van der Waals surface area contributed by atoms with Gasteiger partial charge >= 0.3 is 5.97 Å². The van der Waals surface area contributed by atoms with E-state index < -0.39 is 5.97 Å². The zero-order chi connectivity index (χ0) is 18.7. The molecule has 0 bridgehead atoms. The Morgan fingerprint density at radius 1 is 1.27 bits per heavy atom. The van der Waals surface area contributed by atoms with Crippen LogP contribution < -0.4 is 4.74 Å². The van der Waals surface area contributed by atoms with Gasteiger partial charge in [0.2, 0.25) is 5.82 Å². The van der Waals surface area contributed by atoms with Crippen LogP contribution in [0.15, 0.2) is 34.9 Å². The summed E-state index contributed by atoms with van der Waals surface area (Å²) in [5.41, 5.74) is 3.17. The molecule has 2 aromatic heterocycles. The van der Waals surface area contributed by atoms with E-state index in [2.05, 4.69) is 14.7 Å². The standard InChI is InChI=1S/C19H21N3O4/c1-5-22-12(2)10-15(13(22)3)19(23)25-11-17-20-18(21-26-17)14-8-6-7-9-16(14)24-4/h6-10H,5,11H2,1-4H3. The number of aryl methyl sites for hydroxylation is 1. The first-order chi connectivity index (χ1) is 12.5. The van der Waals surface area contributed by atoms with Gasteiger partial charge in [-0.05, 0) is 39.0 Å². The number of aromatic nitrogens is 3. The van der Waals surface area contributed by atoms with Crippen LogP contribution in [0.1, 0.15) is 34.6 Å². The van der Waals surface area contributed by atoms with Gasteiger partial charge in [0.25, 0.3) is 5.89 Å². The average Bonchev–Trinajstić information content (AvgIpc) is 3.24. The number of carbonyl (C=O) groups excluding carboxylic acids is 1. The summed E-state index contributed by atoms with van der Waals surface area (Å²) >= 11 is 0. The number of hydrogen-bond donors (Lipinski definition) is 0. The Morgan fingerprint density at radius 2 is 2.04 bits per heavy atom. The van der Waals surface area contributed by atoms with Gasteiger partial charge in [-0.1, -0.05) is 17.3 Å².